The maximum absolute atomic E-state index is 10.1. The first-order valence-electron chi connectivity index (χ1n) is 7.27. The van der Waals surface area contributed by atoms with E-state index in [4.69, 9.17) is 0 Å². The molecule has 0 aromatic rings. The average molecular weight is 240 g/mol. The molecule has 0 amide bonds. The molecule has 2 N–H and O–H groups in total. The van der Waals surface area contributed by atoms with Gasteiger partial charge in [-0.15, -0.1) is 0 Å². The number of aliphatic hydroxyl groups excluding tert-OH is 2. The summed E-state index contributed by atoms with van der Waals surface area (Å²) in [6.45, 7) is 7.11. The van der Waals surface area contributed by atoms with Crippen molar-refractivity contribution in [2.75, 3.05) is 6.61 Å². The van der Waals surface area contributed by atoms with Crippen molar-refractivity contribution >= 4 is 0 Å². The van der Waals surface area contributed by atoms with Crippen LogP contribution in [-0.4, -0.2) is 22.9 Å². The highest BCUT2D eigenvalue weighted by Gasteiger charge is 2.47. The molecule has 0 radical (unpaired) electrons. The maximum atomic E-state index is 10.1. The van der Waals surface area contributed by atoms with Crippen molar-refractivity contribution in [2.45, 2.75) is 59.0 Å². The molecule has 17 heavy (non-hydrogen) atoms. The summed E-state index contributed by atoms with van der Waals surface area (Å²) < 4.78 is 0. The van der Waals surface area contributed by atoms with Gasteiger partial charge in [0.05, 0.1) is 6.10 Å². The summed E-state index contributed by atoms with van der Waals surface area (Å²) in [6.07, 6.45) is 5.81. The predicted octanol–water partition coefficient (Wildman–Crippen LogP) is 2.83. The van der Waals surface area contributed by atoms with Gasteiger partial charge in [0.2, 0.25) is 0 Å². The minimum absolute atomic E-state index is 0.101. The fourth-order valence-corrected chi connectivity index (χ4v) is 4.26. The zero-order valence-corrected chi connectivity index (χ0v) is 11.5. The van der Waals surface area contributed by atoms with Crippen molar-refractivity contribution in [1.29, 1.82) is 0 Å². The first-order valence-corrected chi connectivity index (χ1v) is 7.27. The molecule has 0 bridgehead atoms. The van der Waals surface area contributed by atoms with Gasteiger partial charge in [-0.2, -0.15) is 0 Å². The van der Waals surface area contributed by atoms with Gasteiger partial charge in [0.25, 0.3) is 0 Å². The Labute approximate surface area is 105 Å². The molecule has 2 aliphatic carbocycles. The van der Waals surface area contributed by atoms with Gasteiger partial charge in [-0.3, -0.25) is 0 Å². The fraction of sp³-hybridized carbons (Fsp3) is 1.00. The van der Waals surface area contributed by atoms with Crippen LogP contribution in [-0.2, 0) is 0 Å². The number of hydrogen-bond acceptors (Lipinski definition) is 2. The maximum Gasteiger partial charge on any atom is 0.0568 e. The van der Waals surface area contributed by atoms with Gasteiger partial charge in [-0.25, -0.2) is 0 Å². The van der Waals surface area contributed by atoms with E-state index in [1.165, 1.54) is 25.7 Å². The largest absolute Gasteiger partial charge is 0.396 e. The Balaban J connectivity index is 2.10. The quantitative estimate of drug-likeness (QED) is 0.779. The van der Waals surface area contributed by atoms with E-state index < -0.39 is 0 Å². The van der Waals surface area contributed by atoms with Gasteiger partial charge in [0.1, 0.15) is 0 Å². The van der Waals surface area contributed by atoms with E-state index in [0.29, 0.717) is 35.7 Å². The van der Waals surface area contributed by atoms with Gasteiger partial charge < -0.3 is 10.2 Å². The summed E-state index contributed by atoms with van der Waals surface area (Å²) in [5.74, 6) is 2.16. The van der Waals surface area contributed by atoms with Crippen molar-refractivity contribution in [2.24, 2.45) is 29.1 Å². The van der Waals surface area contributed by atoms with Crippen LogP contribution in [0.15, 0.2) is 0 Å². The van der Waals surface area contributed by atoms with Crippen LogP contribution in [0, 0.1) is 29.1 Å². The molecule has 2 aliphatic rings. The molecule has 2 fully saturated rings. The SMILES string of the molecule is CC(CO)[C@@H]1CC[C@@]2(C)CC[C@@H](O)[C@H](C)[C@H]2C1. The van der Waals surface area contributed by atoms with E-state index in [1.54, 1.807) is 0 Å². The minimum Gasteiger partial charge on any atom is -0.396 e. The smallest absolute Gasteiger partial charge is 0.0568 e. The number of rotatable bonds is 2. The molecule has 100 valence electrons. The minimum atomic E-state index is -0.101. The molecule has 0 aliphatic heterocycles. The molecule has 2 heteroatoms. The van der Waals surface area contributed by atoms with E-state index in [2.05, 4.69) is 20.8 Å². The van der Waals surface area contributed by atoms with Gasteiger partial charge in [-0.1, -0.05) is 20.8 Å². The predicted molar refractivity (Wildman–Crippen MR) is 69.6 cm³/mol. The Kier molecular flexibility index (Phi) is 3.84. The standard InChI is InChI=1S/C15H28O2/c1-10(9-16)12-4-6-15(3)7-5-14(17)11(2)13(15)8-12/h10-14,16-17H,4-9H2,1-3H3/t10?,11-,12-,13-,14-,15+/m1/s1. The van der Waals surface area contributed by atoms with Crippen LogP contribution in [0.1, 0.15) is 52.9 Å². The van der Waals surface area contributed by atoms with Crippen LogP contribution in [0.3, 0.4) is 0 Å². The molecule has 0 aromatic heterocycles. The van der Waals surface area contributed by atoms with Crippen LogP contribution in [0.5, 0.6) is 0 Å². The zero-order chi connectivity index (χ0) is 12.6. The Hall–Kier alpha value is -0.0800. The molecular weight excluding hydrogens is 212 g/mol. The third kappa shape index (κ3) is 2.39. The molecule has 0 saturated heterocycles. The third-order valence-corrected chi connectivity index (χ3v) is 5.88. The molecule has 1 unspecified atom stereocenters. The Bertz CT molecular complexity index is 266. The van der Waals surface area contributed by atoms with Crippen molar-refractivity contribution in [3.05, 3.63) is 0 Å². The summed E-state index contributed by atoms with van der Waals surface area (Å²) in [6, 6.07) is 0. The van der Waals surface area contributed by atoms with Gasteiger partial charge in [0.15, 0.2) is 0 Å². The normalized spacial score (nSPS) is 48.5. The lowest BCUT2D eigenvalue weighted by molar-refractivity contribution is -0.0753. The lowest BCUT2D eigenvalue weighted by atomic mass is 9.53. The van der Waals surface area contributed by atoms with Crippen LogP contribution in [0.25, 0.3) is 0 Å². The van der Waals surface area contributed by atoms with Gasteiger partial charge >= 0.3 is 0 Å². The van der Waals surface area contributed by atoms with Crippen molar-refractivity contribution < 1.29 is 10.2 Å². The third-order valence-electron chi connectivity index (χ3n) is 5.88. The van der Waals surface area contributed by atoms with E-state index in [0.717, 1.165) is 6.42 Å². The summed E-state index contributed by atoms with van der Waals surface area (Å²) >= 11 is 0. The topological polar surface area (TPSA) is 40.5 Å². The van der Waals surface area contributed by atoms with Crippen molar-refractivity contribution in [1.82, 2.24) is 0 Å². The summed E-state index contributed by atoms with van der Waals surface area (Å²) in [5.41, 5.74) is 0.449. The Morgan fingerprint density at radius 1 is 1.29 bits per heavy atom. The highest BCUT2D eigenvalue weighted by Crippen LogP contribution is 2.54. The lowest BCUT2D eigenvalue weighted by Gasteiger charge is -2.53. The molecule has 0 spiro atoms. The van der Waals surface area contributed by atoms with E-state index in [1.807, 2.05) is 0 Å². The second-order valence-corrected chi connectivity index (χ2v) is 6.92. The molecule has 6 atom stereocenters. The summed E-state index contributed by atoms with van der Waals surface area (Å²) in [4.78, 5) is 0. The lowest BCUT2D eigenvalue weighted by Crippen LogP contribution is -2.47. The molecular formula is C15H28O2. The van der Waals surface area contributed by atoms with E-state index in [9.17, 15) is 10.2 Å². The Morgan fingerprint density at radius 2 is 1.94 bits per heavy atom. The van der Waals surface area contributed by atoms with E-state index >= 15 is 0 Å². The first-order chi connectivity index (χ1) is 7.98. The van der Waals surface area contributed by atoms with Crippen molar-refractivity contribution in [3.63, 3.8) is 0 Å². The fourth-order valence-electron chi connectivity index (χ4n) is 4.26. The molecule has 0 heterocycles. The van der Waals surface area contributed by atoms with Crippen LogP contribution in [0.2, 0.25) is 0 Å². The molecule has 0 aromatic carbocycles. The van der Waals surface area contributed by atoms with Gasteiger partial charge in [0, 0.05) is 6.61 Å². The molecule has 2 nitrogen and oxygen atoms in total. The molecule has 2 saturated carbocycles. The van der Waals surface area contributed by atoms with Crippen LogP contribution < -0.4 is 0 Å². The summed E-state index contributed by atoms with van der Waals surface area (Å²) in [5, 5.41) is 19.4. The number of fused-ring (bicyclic) bond motifs is 1. The van der Waals surface area contributed by atoms with Crippen molar-refractivity contribution in [3.8, 4) is 0 Å². The second-order valence-electron chi connectivity index (χ2n) is 6.92. The molecule has 2 rings (SSSR count). The zero-order valence-electron chi connectivity index (χ0n) is 11.5. The number of aliphatic hydroxyl groups is 2. The highest BCUT2D eigenvalue weighted by atomic mass is 16.3. The highest BCUT2D eigenvalue weighted by molar-refractivity contribution is 4.97. The number of hydrogen-bond donors (Lipinski definition) is 2. The van der Waals surface area contributed by atoms with Gasteiger partial charge in [-0.05, 0) is 61.2 Å². The summed E-state index contributed by atoms with van der Waals surface area (Å²) in [7, 11) is 0. The van der Waals surface area contributed by atoms with Crippen LogP contribution >= 0.6 is 0 Å². The monoisotopic (exact) mass is 240 g/mol. The van der Waals surface area contributed by atoms with Crippen LogP contribution in [0.4, 0.5) is 0 Å². The second kappa shape index (κ2) is 4.89. The van der Waals surface area contributed by atoms with E-state index in [-0.39, 0.29) is 6.10 Å². The average Bonchev–Trinajstić information content (AvgIpc) is 2.33. The first kappa shape index (κ1) is 13.4. The Morgan fingerprint density at radius 3 is 2.59 bits per heavy atom.